The Morgan fingerprint density at radius 2 is 1.65 bits per heavy atom. The maximum absolute atomic E-state index is 13.1. The first kappa shape index (κ1) is 25.0. The zero-order valence-electron chi connectivity index (χ0n) is 19.6. The molecule has 1 saturated heterocycles. The number of piperidine rings is 1. The molecule has 0 radical (unpaired) electrons. The third-order valence-electron chi connectivity index (χ3n) is 6.74. The fourth-order valence-corrected chi connectivity index (χ4v) is 4.77. The Balaban J connectivity index is 1.23. The van der Waals surface area contributed by atoms with Gasteiger partial charge in [-0.25, -0.2) is 0 Å². The maximum atomic E-state index is 13.1. The second kappa shape index (κ2) is 9.68. The molecule has 0 atom stereocenters. The van der Waals surface area contributed by atoms with Crippen molar-refractivity contribution in [1.82, 2.24) is 9.88 Å². The molecular formula is C28H23ClF3N3O2. The van der Waals surface area contributed by atoms with Crippen LogP contribution in [0, 0.1) is 0 Å². The molecule has 0 unspecified atom stereocenters. The van der Waals surface area contributed by atoms with Crippen molar-refractivity contribution in [2.24, 2.45) is 0 Å². The van der Waals surface area contributed by atoms with Gasteiger partial charge in [0.1, 0.15) is 0 Å². The van der Waals surface area contributed by atoms with E-state index in [9.17, 15) is 23.1 Å². The van der Waals surface area contributed by atoms with Gasteiger partial charge in [0.15, 0.2) is 0 Å². The molecule has 2 heterocycles. The number of fused-ring (bicyclic) bond motifs is 1. The van der Waals surface area contributed by atoms with E-state index in [-0.39, 0.29) is 18.7 Å². The largest absolute Gasteiger partial charge is 0.416 e. The van der Waals surface area contributed by atoms with Gasteiger partial charge in [0.2, 0.25) is 0 Å². The number of pyridine rings is 1. The summed E-state index contributed by atoms with van der Waals surface area (Å²) in [6.45, 7) is 0.587. The first-order valence-electron chi connectivity index (χ1n) is 11.7. The average molecular weight is 526 g/mol. The van der Waals surface area contributed by atoms with Crippen LogP contribution < -0.4 is 5.32 Å². The zero-order chi connectivity index (χ0) is 26.2. The molecule has 0 saturated carbocycles. The Morgan fingerprint density at radius 1 is 0.973 bits per heavy atom. The minimum absolute atomic E-state index is 0.162. The van der Waals surface area contributed by atoms with Crippen molar-refractivity contribution in [2.75, 3.05) is 18.4 Å². The molecule has 5 rings (SSSR count). The van der Waals surface area contributed by atoms with Crippen LogP contribution in [0.1, 0.15) is 34.3 Å². The molecule has 1 aliphatic rings. The van der Waals surface area contributed by atoms with Crippen LogP contribution in [0.15, 0.2) is 79.0 Å². The third kappa shape index (κ3) is 5.26. The molecule has 190 valence electrons. The number of rotatable bonds is 4. The van der Waals surface area contributed by atoms with Crippen molar-refractivity contribution in [1.29, 1.82) is 0 Å². The molecule has 1 aromatic heterocycles. The highest BCUT2D eigenvalue weighted by Gasteiger charge is 2.37. The van der Waals surface area contributed by atoms with Gasteiger partial charge in [0.05, 0.1) is 16.7 Å². The molecule has 37 heavy (non-hydrogen) atoms. The Hall–Kier alpha value is -3.62. The van der Waals surface area contributed by atoms with E-state index in [2.05, 4.69) is 10.3 Å². The van der Waals surface area contributed by atoms with E-state index >= 15 is 0 Å². The molecule has 2 N–H and O–H groups in total. The van der Waals surface area contributed by atoms with Crippen LogP contribution in [0.25, 0.3) is 10.9 Å². The SMILES string of the molecule is O=C(c1ccc(Nc2ccnc3cc(Cl)ccc23)cc1)N1CCC(O)(c2ccc(C(F)(F)F)cc2)CC1. The molecule has 1 amide bonds. The number of anilines is 2. The number of amides is 1. The lowest BCUT2D eigenvalue weighted by atomic mass is 9.84. The number of carbonyl (C=O) groups is 1. The lowest BCUT2D eigenvalue weighted by molar-refractivity contribution is -0.137. The minimum atomic E-state index is -4.43. The highest BCUT2D eigenvalue weighted by molar-refractivity contribution is 6.31. The summed E-state index contributed by atoms with van der Waals surface area (Å²) in [6.07, 6.45) is -2.25. The van der Waals surface area contributed by atoms with Crippen LogP contribution in [-0.2, 0) is 11.8 Å². The Bertz CT molecular complexity index is 1430. The van der Waals surface area contributed by atoms with Crippen LogP contribution in [0.2, 0.25) is 5.02 Å². The van der Waals surface area contributed by atoms with Crippen LogP contribution in [0.5, 0.6) is 0 Å². The summed E-state index contributed by atoms with van der Waals surface area (Å²) in [5.41, 5.74) is 1.34. The summed E-state index contributed by atoms with van der Waals surface area (Å²) in [7, 11) is 0. The lowest BCUT2D eigenvalue weighted by Crippen LogP contribution is -2.45. The first-order valence-corrected chi connectivity index (χ1v) is 12.1. The number of alkyl halides is 3. The maximum Gasteiger partial charge on any atom is 0.416 e. The number of hydrogen-bond acceptors (Lipinski definition) is 4. The van der Waals surface area contributed by atoms with Crippen molar-refractivity contribution in [3.8, 4) is 0 Å². The van der Waals surface area contributed by atoms with Gasteiger partial charge in [-0.1, -0.05) is 23.7 Å². The summed E-state index contributed by atoms with van der Waals surface area (Å²) in [4.78, 5) is 19.0. The highest BCUT2D eigenvalue weighted by atomic mass is 35.5. The van der Waals surface area contributed by atoms with Gasteiger partial charge in [-0.3, -0.25) is 9.78 Å². The van der Waals surface area contributed by atoms with Gasteiger partial charge in [0, 0.05) is 46.6 Å². The molecule has 1 aliphatic heterocycles. The number of hydrogen-bond donors (Lipinski definition) is 2. The van der Waals surface area contributed by atoms with E-state index < -0.39 is 17.3 Å². The summed E-state index contributed by atoms with van der Waals surface area (Å²) < 4.78 is 38.6. The highest BCUT2D eigenvalue weighted by Crippen LogP contribution is 2.36. The Labute approximate surface area is 216 Å². The monoisotopic (exact) mass is 525 g/mol. The van der Waals surface area contributed by atoms with E-state index in [0.29, 0.717) is 29.2 Å². The summed E-state index contributed by atoms with van der Waals surface area (Å²) in [6, 6.07) is 19.0. The van der Waals surface area contributed by atoms with Crippen molar-refractivity contribution in [3.05, 3.63) is 101 Å². The Kier molecular flexibility index (Phi) is 6.56. The van der Waals surface area contributed by atoms with Gasteiger partial charge in [-0.05, 0) is 79.1 Å². The number of nitrogens with one attached hydrogen (secondary N) is 1. The second-order valence-corrected chi connectivity index (χ2v) is 9.56. The van der Waals surface area contributed by atoms with Gasteiger partial charge in [-0.2, -0.15) is 13.2 Å². The first-order chi connectivity index (χ1) is 17.6. The number of likely N-dealkylation sites (tertiary alicyclic amines) is 1. The van der Waals surface area contributed by atoms with Crippen LogP contribution in [0.3, 0.4) is 0 Å². The lowest BCUT2D eigenvalue weighted by Gasteiger charge is -2.38. The minimum Gasteiger partial charge on any atom is -0.385 e. The van der Waals surface area contributed by atoms with Gasteiger partial charge in [0.25, 0.3) is 5.91 Å². The molecule has 9 heteroatoms. The van der Waals surface area contributed by atoms with Crippen LogP contribution in [0.4, 0.5) is 24.5 Å². The van der Waals surface area contributed by atoms with Gasteiger partial charge < -0.3 is 15.3 Å². The molecule has 0 aliphatic carbocycles. The van der Waals surface area contributed by atoms with Crippen LogP contribution in [-0.4, -0.2) is 34.0 Å². The van der Waals surface area contributed by atoms with Crippen molar-refractivity contribution < 1.29 is 23.1 Å². The van der Waals surface area contributed by atoms with E-state index in [0.717, 1.165) is 34.4 Å². The number of benzene rings is 3. The number of aromatic nitrogens is 1. The van der Waals surface area contributed by atoms with Crippen LogP contribution >= 0.6 is 11.6 Å². The van der Waals surface area contributed by atoms with Gasteiger partial charge in [-0.15, -0.1) is 0 Å². The standard InChI is InChI=1S/C28H23ClF3N3O2/c29-21-7-10-23-24(11-14-33-25(23)17-21)34-22-8-1-18(2-9-22)26(36)35-15-12-27(37,13-16-35)19-3-5-20(6-4-19)28(30,31)32/h1-11,14,17,37H,12-13,15-16H2,(H,33,34). The second-order valence-electron chi connectivity index (χ2n) is 9.12. The number of halogens is 4. The van der Waals surface area contributed by atoms with Crippen molar-refractivity contribution >= 4 is 39.8 Å². The molecule has 4 aromatic rings. The molecule has 0 spiro atoms. The van der Waals surface area contributed by atoms with E-state index in [1.54, 1.807) is 35.4 Å². The number of nitrogens with zero attached hydrogens (tertiary/aromatic N) is 2. The quantitative estimate of drug-likeness (QED) is 0.308. The predicted molar refractivity (Wildman–Crippen MR) is 137 cm³/mol. The summed E-state index contributed by atoms with van der Waals surface area (Å²) in [5.74, 6) is -0.162. The smallest absolute Gasteiger partial charge is 0.385 e. The normalized spacial score (nSPS) is 15.5. The topological polar surface area (TPSA) is 65.5 Å². The zero-order valence-corrected chi connectivity index (χ0v) is 20.4. The Morgan fingerprint density at radius 3 is 2.30 bits per heavy atom. The van der Waals surface area contributed by atoms with E-state index in [1.165, 1.54) is 12.1 Å². The molecule has 0 bridgehead atoms. The molecule has 1 fully saturated rings. The average Bonchev–Trinajstić information content (AvgIpc) is 2.89. The third-order valence-corrected chi connectivity index (χ3v) is 6.98. The predicted octanol–water partition coefficient (Wildman–Crippen LogP) is 6.77. The van der Waals surface area contributed by atoms with E-state index in [1.807, 2.05) is 24.3 Å². The number of carbonyl (C=O) groups excluding carboxylic acids is 1. The van der Waals surface area contributed by atoms with E-state index in [4.69, 9.17) is 11.6 Å². The summed E-state index contributed by atoms with van der Waals surface area (Å²) >= 11 is 6.06. The van der Waals surface area contributed by atoms with Gasteiger partial charge >= 0.3 is 6.18 Å². The molecule has 3 aromatic carbocycles. The summed E-state index contributed by atoms with van der Waals surface area (Å²) in [5, 5.41) is 15.9. The molecular weight excluding hydrogens is 503 g/mol. The molecule has 5 nitrogen and oxygen atoms in total. The number of aliphatic hydroxyl groups is 1. The van der Waals surface area contributed by atoms with Crippen molar-refractivity contribution in [3.63, 3.8) is 0 Å². The fourth-order valence-electron chi connectivity index (χ4n) is 4.60. The van der Waals surface area contributed by atoms with Crippen molar-refractivity contribution in [2.45, 2.75) is 24.6 Å². The fraction of sp³-hybridized carbons (Fsp3) is 0.214.